The summed E-state index contributed by atoms with van der Waals surface area (Å²) in [4.78, 5) is 2.00. The molecule has 0 aromatic heterocycles. The fourth-order valence-corrected chi connectivity index (χ4v) is 0. The van der Waals surface area contributed by atoms with Gasteiger partial charge in [0.25, 0.3) is 0 Å². The summed E-state index contributed by atoms with van der Waals surface area (Å²) >= 11 is 0. The Morgan fingerprint density at radius 3 is 0.905 bits per heavy atom. The van der Waals surface area contributed by atoms with Gasteiger partial charge in [-0.1, -0.05) is 61.6 Å². The average molecular weight is 304 g/mol. The number of allylic oxidation sites excluding steroid dienone is 2. The summed E-state index contributed by atoms with van der Waals surface area (Å²) in [5, 5.41) is 0. The van der Waals surface area contributed by atoms with E-state index in [9.17, 15) is 0 Å². The Morgan fingerprint density at radius 1 is 0.810 bits per heavy atom. The lowest BCUT2D eigenvalue weighted by atomic mass is 10.0. The molecule has 0 aliphatic heterocycles. The van der Waals surface area contributed by atoms with Gasteiger partial charge in [-0.15, -0.1) is 11.8 Å². The molecule has 0 N–H and O–H groups in total. The van der Waals surface area contributed by atoms with Crippen LogP contribution in [0.2, 0.25) is 0 Å². The number of rotatable bonds is 0. The standard InChI is InChI=1S/C5H12.C5H10.C4H6.C3H9N.3CH4/c1-5(2,3)4;1-4-5(2)3;1-3-4-2;1-4(2)3;;;/h1-4H3;4H,1-3H3;1-2H3;1-3H3;3*1H4. The topological polar surface area (TPSA) is 3.24 Å². The molecule has 0 aliphatic rings. The first-order valence-corrected chi connectivity index (χ1v) is 6.46. The molecule has 0 unspecified atom stereocenters. The van der Waals surface area contributed by atoms with Crippen LogP contribution in [0.1, 0.15) is 84.6 Å². The molecule has 0 aromatic carbocycles. The van der Waals surface area contributed by atoms with Gasteiger partial charge in [0.1, 0.15) is 0 Å². The molecule has 0 aliphatic carbocycles. The lowest BCUT2D eigenvalue weighted by molar-refractivity contribution is 0.469. The van der Waals surface area contributed by atoms with Crippen LogP contribution in [0.25, 0.3) is 0 Å². The van der Waals surface area contributed by atoms with E-state index in [4.69, 9.17) is 0 Å². The molecule has 0 bridgehead atoms. The van der Waals surface area contributed by atoms with E-state index in [1.807, 2.05) is 46.8 Å². The quantitative estimate of drug-likeness (QED) is 0.339. The first-order chi connectivity index (χ1) is 7.92. The monoisotopic (exact) mass is 303 g/mol. The zero-order chi connectivity index (χ0) is 15.8. The van der Waals surface area contributed by atoms with Gasteiger partial charge >= 0.3 is 0 Å². The van der Waals surface area contributed by atoms with E-state index in [-0.39, 0.29) is 22.3 Å². The lowest BCUT2D eigenvalue weighted by Gasteiger charge is -2.05. The summed E-state index contributed by atoms with van der Waals surface area (Å²) in [6, 6.07) is 0. The zero-order valence-electron chi connectivity index (χ0n) is 15.0. The summed E-state index contributed by atoms with van der Waals surface area (Å²) < 4.78 is 0. The van der Waals surface area contributed by atoms with Gasteiger partial charge in [0.15, 0.2) is 0 Å². The molecule has 0 fully saturated rings. The van der Waals surface area contributed by atoms with E-state index >= 15 is 0 Å². The van der Waals surface area contributed by atoms with Gasteiger partial charge in [0.2, 0.25) is 0 Å². The van der Waals surface area contributed by atoms with Crippen LogP contribution in [0.4, 0.5) is 0 Å². The minimum atomic E-state index is 0. The average Bonchev–Trinajstić information content (AvgIpc) is 2.14. The highest BCUT2D eigenvalue weighted by molar-refractivity contribution is 4.89. The van der Waals surface area contributed by atoms with Crippen LogP contribution < -0.4 is 0 Å². The van der Waals surface area contributed by atoms with Gasteiger partial charge in [-0.2, -0.15) is 0 Å². The van der Waals surface area contributed by atoms with E-state index in [0.717, 1.165) is 0 Å². The molecule has 0 saturated carbocycles. The maximum Gasteiger partial charge on any atom is -0.00271 e. The molecule has 0 amide bonds. The van der Waals surface area contributed by atoms with E-state index in [1.54, 1.807) is 0 Å². The predicted molar refractivity (Wildman–Crippen MR) is 109 cm³/mol. The molecule has 0 atom stereocenters. The highest BCUT2D eigenvalue weighted by atomic mass is 15.0. The third kappa shape index (κ3) is 1120. The maximum atomic E-state index is 2.68. The molecule has 134 valence electrons. The zero-order valence-corrected chi connectivity index (χ0v) is 15.0. The fourth-order valence-electron chi connectivity index (χ4n) is 0. The minimum absolute atomic E-state index is 0. The number of hydrogen-bond acceptors (Lipinski definition) is 1. The SMILES string of the molecule is C.C.C.CC#CC.CC(C)(C)C.CC=C(C)C.CN(C)C. The van der Waals surface area contributed by atoms with Crippen molar-refractivity contribution < 1.29 is 0 Å². The summed E-state index contributed by atoms with van der Waals surface area (Å²) in [5.74, 6) is 5.36. The Morgan fingerprint density at radius 2 is 0.905 bits per heavy atom. The van der Waals surface area contributed by atoms with Gasteiger partial charge in [-0.05, 0) is 61.2 Å². The smallest absolute Gasteiger partial charge is 0.00271 e. The first-order valence-electron chi connectivity index (χ1n) is 6.46. The van der Waals surface area contributed by atoms with Crippen molar-refractivity contribution in [3.05, 3.63) is 11.6 Å². The Kier molecular flexibility index (Phi) is 64.3. The molecule has 0 heterocycles. The summed E-state index contributed by atoms with van der Waals surface area (Å²) in [5.41, 5.74) is 1.88. The van der Waals surface area contributed by atoms with Crippen LogP contribution >= 0.6 is 0 Å². The van der Waals surface area contributed by atoms with Crippen LogP contribution in [0.5, 0.6) is 0 Å². The van der Waals surface area contributed by atoms with Crippen LogP contribution in [-0.2, 0) is 0 Å². The maximum absolute atomic E-state index is 2.68. The molecule has 0 radical (unpaired) electrons. The molecule has 21 heavy (non-hydrogen) atoms. The molecule has 0 aromatic rings. The summed E-state index contributed by atoms with van der Waals surface area (Å²) in [6.45, 7) is 18.6. The highest BCUT2D eigenvalue weighted by Gasteiger charge is 1.95. The largest absolute Gasteiger partial charge is 0.312 e. The van der Waals surface area contributed by atoms with Crippen molar-refractivity contribution in [1.82, 2.24) is 4.90 Å². The number of nitrogens with zero attached hydrogens (tertiary/aromatic N) is 1. The van der Waals surface area contributed by atoms with Gasteiger partial charge < -0.3 is 4.90 Å². The Labute approximate surface area is 140 Å². The fraction of sp³-hybridized carbons (Fsp3) is 0.800. The second kappa shape index (κ2) is 31.6. The van der Waals surface area contributed by atoms with Crippen molar-refractivity contribution in [2.75, 3.05) is 21.1 Å². The van der Waals surface area contributed by atoms with Crippen molar-refractivity contribution in [1.29, 1.82) is 0 Å². The summed E-state index contributed by atoms with van der Waals surface area (Å²) in [7, 11) is 6.00. The first kappa shape index (κ1) is 42.7. The molecule has 1 nitrogen and oxygen atoms in total. The Hall–Kier alpha value is -0.740. The third-order valence-corrected chi connectivity index (χ3v) is 0.827. The van der Waals surface area contributed by atoms with Gasteiger partial charge in [-0.25, -0.2) is 0 Å². The molecule has 0 spiro atoms. The molecular formula is C20H49N. The van der Waals surface area contributed by atoms with Crippen LogP contribution in [-0.4, -0.2) is 26.0 Å². The van der Waals surface area contributed by atoms with Crippen LogP contribution in [0, 0.1) is 17.3 Å². The predicted octanol–water partition coefficient (Wildman–Crippen LogP) is 7.14. The van der Waals surface area contributed by atoms with E-state index in [0.29, 0.717) is 5.41 Å². The second-order valence-corrected chi connectivity index (χ2v) is 6.21. The van der Waals surface area contributed by atoms with Gasteiger partial charge in [0.05, 0.1) is 0 Å². The van der Waals surface area contributed by atoms with Crippen LogP contribution in [0.15, 0.2) is 11.6 Å². The van der Waals surface area contributed by atoms with Crippen molar-refractivity contribution in [2.45, 2.75) is 84.6 Å². The van der Waals surface area contributed by atoms with Crippen molar-refractivity contribution in [3.8, 4) is 11.8 Å². The van der Waals surface area contributed by atoms with Crippen LogP contribution in [0.3, 0.4) is 0 Å². The van der Waals surface area contributed by atoms with Crippen molar-refractivity contribution >= 4 is 0 Å². The van der Waals surface area contributed by atoms with E-state index < -0.39 is 0 Å². The van der Waals surface area contributed by atoms with E-state index in [1.165, 1.54) is 5.57 Å². The Balaban J connectivity index is -0.0000000239. The molecule has 1 heteroatoms. The van der Waals surface area contributed by atoms with Gasteiger partial charge in [-0.3, -0.25) is 0 Å². The molecule has 0 saturated heterocycles. The van der Waals surface area contributed by atoms with Gasteiger partial charge in [0, 0.05) is 0 Å². The van der Waals surface area contributed by atoms with Crippen molar-refractivity contribution in [2.24, 2.45) is 5.41 Å². The third-order valence-electron chi connectivity index (χ3n) is 0.827. The normalized spacial score (nSPS) is 6.90. The minimum Gasteiger partial charge on any atom is -0.312 e. The number of hydrogen-bond donors (Lipinski definition) is 0. The molecular weight excluding hydrogens is 254 g/mol. The summed E-state index contributed by atoms with van der Waals surface area (Å²) in [6.07, 6.45) is 2.08. The lowest BCUT2D eigenvalue weighted by Crippen LogP contribution is -1.99. The molecule has 0 rings (SSSR count). The highest BCUT2D eigenvalue weighted by Crippen LogP contribution is 2.08. The second-order valence-electron chi connectivity index (χ2n) is 6.21. The van der Waals surface area contributed by atoms with E-state index in [2.05, 4.69) is 59.5 Å². The van der Waals surface area contributed by atoms with Crippen molar-refractivity contribution in [3.63, 3.8) is 0 Å². The Bertz CT molecular complexity index is 200.